The molecule has 0 aliphatic heterocycles. The fourth-order valence-electron chi connectivity index (χ4n) is 3.49. The number of methoxy groups -OCH3 is 1. The topological polar surface area (TPSA) is 104 Å². The van der Waals surface area contributed by atoms with E-state index in [-0.39, 0.29) is 12.3 Å². The van der Waals surface area contributed by atoms with Crippen molar-refractivity contribution in [2.75, 3.05) is 25.6 Å². The summed E-state index contributed by atoms with van der Waals surface area (Å²) in [4.78, 5) is 21.6. The highest BCUT2D eigenvalue weighted by Crippen LogP contribution is 2.22. The summed E-state index contributed by atoms with van der Waals surface area (Å²) in [5.41, 5.74) is 2.63. The smallest absolute Gasteiger partial charge is 0.227 e. The van der Waals surface area contributed by atoms with E-state index in [1.165, 1.54) is 0 Å². The summed E-state index contributed by atoms with van der Waals surface area (Å²) < 4.78 is 17.9. The van der Waals surface area contributed by atoms with Gasteiger partial charge < -0.3 is 18.6 Å². The molecule has 4 aromatic rings. The van der Waals surface area contributed by atoms with E-state index in [0.29, 0.717) is 43.8 Å². The largest absolute Gasteiger partial charge is 0.497 e. The molecule has 0 unspecified atom stereocenters. The maximum Gasteiger partial charge on any atom is 0.227 e. The number of benzene rings is 2. The number of aromatic nitrogens is 4. The summed E-state index contributed by atoms with van der Waals surface area (Å²) in [6.45, 7) is 4.01. The standard InChI is InChI=1S/C24H27N5O4/c1-3-32-16-6-15-29-20-8-5-4-7-19(20)25-24(29)26-21(30)13-14-22-27-23(28-33-22)17-9-11-18(31-2)12-10-17/h4-5,7-12H,3,6,13-16H2,1-2H3,(H,25,26,30). The first-order chi connectivity index (χ1) is 16.2. The summed E-state index contributed by atoms with van der Waals surface area (Å²) in [6, 6.07) is 15.2. The Morgan fingerprint density at radius 1 is 1.12 bits per heavy atom. The highest BCUT2D eigenvalue weighted by atomic mass is 16.5. The first-order valence-electron chi connectivity index (χ1n) is 11.0. The van der Waals surface area contributed by atoms with Crippen LogP contribution in [0.1, 0.15) is 25.7 Å². The molecular formula is C24H27N5O4. The Kier molecular flexibility index (Phi) is 7.31. The molecule has 0 saturated heterocycles. The van der Waals surface area contributed by atoms with E-state index in [1.807, 2.05) is 60.0 Å². The first kappa shape index (κ1) is 22.5. The van der Waals surface area contributed by atoms with Gasteiger partial charge in [0.2, 0.25) is 23.6 Å². The molecule has 2 heterocycles. The molecule has 1 N–H and O–H groups in total. The van der Waals surface area contributed by atoms with Gasteiger partial charge in [0.15, 0.2) is 0 Å². The third-order valence-corrected chi connectivity index (χ3v) is 5.16. The minimum Gasteiger partial charge on any atom is -0.497 e. The van der Waals surface area contributed by atoms with Crippen molar-refractivity contribution in [2.45, 2.75) is 32.7 Å². The fourth-order valence-corrected chi connectivity index (χ4v) is 3.49. The van der Waals surface area contributed by atoms with Crippen LogP contribution in [0.3, 0.4) is 0 Å². The normalized spacial score (nSPS) is 11.1. The molecular weight excluding hydrogens is 422 g/mol. The number of nitrogens with zero attached hydrogens (tertiary/aromatic N) is 4. The number of imidazole rings is 1. The summed E-state index contributed by atoms with van der Waals surface area (Å²) in [6.07, 6.45) is 1.36. The number of fused-ring (bicyclic) bond motifs is 1. The van der Waals surface area contributed by atoms with Crippen LogP contribution in [0.25, 0.3) is 22.4 Å². The maximum absolute atomic E-state index is 12.6. The van der Waals surface area contributed by atoms with Crippen LogP contribution < -0.4 is 10.1 Å². The monoisotopic (exact) mass is 449 g/mol. The highest BCUT2D eigenvalue weighted by Gasteiger charge is 2.15. The van der Waals surface area contributed by atoms with Crippen molar-refractivity contribution in [2.24, 2.45) is 0 Å². The van der Waals surface area contributed by atoms with Gasteiger partial charge in [-0.15, -0.1) is 0 Å². The van der Waals surface area contributed by atoms with E-state index in [1.54, 1.807) is 7.11 Å². The number of hydrogen-bond acceptors (Lipinski definition) is 7. The van der Waals surface area contributed by atoms with Gasteiger partial charge in [-0.3, -0.25) is 10.1 Å². The SMILES string of the molecule is CCOCCCn1c(NC(=O)CCc2nc(-c3ccc(OC)cc3)no2)nc2ccccc21. The fraction of sp³-hybridized carbons (Fsp3) is 0.333. The summed E-state index contributed by atoms with van der Waals surface area (Å²) in [7, 11) is 1.61. The number of ether oxygens (including phenoxy) is 2. The predicted octanol–water partition coefficient (Wildman–Crippen LogP) is 4.09. The number of rotatable bonds is 11. The first-order valence-corrected chi connectivity index (χ1v) is 11.0. The summed E-state index contributed by atoms with van der Waals surface area (Å²) in [5, 5.41) is 6.94. The number of nitrogens with one attached hydrogen (secondary N) is 1. The van der Waals surface area contributed by atoms with E-state index in [9.17, 15) is 4.79 Å². The van der Waals surface area contributed by atoms with Gasteiger partial charge in [-0.25, -0.2) is 4.98 Å². The predicted molar refractivity (Wildman–Crippen MR) is 124 cm³/mol. The molecule has 9 nitrogen and oxygen atoms in total. The van der Waals surface area contributed by atoms with Gasteiger partial charge in [0.05, 0.1) is 18.1 Å². The lowest BCUT2D eigenvalue weighted by atomic mass is 10.2. The molecule has 33 heavy (non-hydrogen) atoms. The van der Waals surface area contributed by atoms with Crippen LogP contribution in [0.2, 0.25) is 0 Å². The minimum absolute atomic E-state index is 0.166. The molecule has 0 spiro atoms. The van der Waals surface area contributed by atoms with Crippen molar-refractivity contribution >= 4 is 22.9 Å². The Bertz CT molecular complexity index is 1200. The van der Waals surface area contributed by atoms with Crippen LogP contribution in [-0.4, -0.2) is 45.9 Å². The van der Waals surface area contributed by atoms with Gasteiger partial charge in [-0.1, -0.05) is 17.3 Å². The summed E-state index contributed by atoms with van der Waals surface area (Å²) in [5.74, 6) is 2.00. The Morgan fingerprint density at radius 3 is 2.73 bits per heavy atom. The second kappa shape index (κ2) is 10.7. The van der Waals surface area contributed by atoms with Crippen molar-refractivity contribution in [1.82, 2.24) is 19.7 Å². The number of carbonyl (C=O) groups is 1. The van der Waals surface area contributed by atoms with Crippen LogP contribution in [0.5, 0.6) is 5.75 Å². The number of para-hydroxylation sites is 2. The van der Waals surface area contributed by atoms with Crippen LogP contribution in [0.4, 0.5) is 5.95 Å². The quantitative estimate of drug-likeness (QED) is 0.344. The van der Waals surface area contributed by atoms with E-state index in [2.05, 4.69) is 20.4 Å². The molecule has 9 heteroatoms. The minimum atomic E-state index is -0.166. The van der Waals surface area contributed by atoms with Crippen LogP contribution in [0.15, 0.2) is 53.1 Å². The van der Waals surface area contributed by atoms with E-state index >= 15 is 0 Å². The zero-order valence-corrected chi connectivity index (χ0v) is 18.8. The van der Waals surface area contributed by atoms with Gasteiger partial charge in [0, 0.05) is 38.2 Å². The molecule has 0 bridgehead atoms. The zero-order chi connectivity index (χ0) is 23.0. The third-order valence-electron chi connectivity index (χ3n) is 5.16. The van der Waals surface area contributed by atoms with Crippen LogP contribution >= 0.6 is 0 Å². The van der Waals surface area contributed by atoms with Crippen molar-refractivity contribution in [3.05, 3.63) is 54.4 Å². The average Bonchev–Trinajstić information content (AvgIpc) is 3.45. The highest BCUT2D eigenvalue weighted by molar-refractivity contribution is 5.91. The van der Waals surface area contributed by atoms with Gasteiger partial charge in [0.25, 0.3) is 0 Å². The van der Waals surface area contributed by atoms with E-state index < -0.39 is 0 Å². The zero-order valence-electron chi connectivity index (χ0n) is 18.8. The molecule has 2 aromatic carbocycles. The Morgan fingerprint density at radius 2 is 1.94 bits per heavy atom. The molecule has 0 saturated carbocycles. The van der Waals surface area contributed by atoms with Gasteiger partial charge in [-0.05, 0) is 49.7 Å². The lowest BCUT2D eigenvalue weighted by Gasteiger charge is -2.10. The molecule has 0 radical (unpaired) electrons. The van der Waals surface area contributed by atoms with E-state index in [0.717, 1.165) is 28.8 Å². The summed E-state index contributed by atoms with van der Waals surface area (Å²) >= 11 is 0. The van der Waals surface area contributed by atoms with Crippen molar-refractivity contribution < 1.29 is 18.8 Å². The van der Waals surface area contributed by atoms with E-state index in [4.69, 9.17) is 14.0 Å². The number of anilines is 1. The third kappa shape index (κ3) is 5.56. The number of carbonyl (C=O) groups excluding carboxylic acids is 1. The molecule has 172 valence electrons. The number of hydrogen-bond donors (Lipinski definition) is 1. The average molecular weight is 450 g/mol. The number of aryl methyl sites for hydroxylation is 2. The lowest BCUT2D eigenvalue weighted by molar-refractivity contribution is -0.116. The van der Waals surface area contributed by atoms with Crippen molar-refractivity contribution in [1.29, 1.82) is 0 Å². The lowest BCUT2D eigenvalue weighted by Crippen LogP contribution is -2.17. The number of amides is 1. The molecule has 0 aliphatic rings. The van der Waals surface area contributed by atoms with Crippen LogP contribution in [0, 0.1) is 0 Å². The van der Waals surface area contributed by atoms with Gasteiger partial charge in [-0.2, -0.15) is 4.98 Å². The van der Waals surface area contributed by atoms with Gasteiger partial charge >= 0.3 is 0 Å². The van der Waals surface area contributed by atoms with Crippen LogP contribution in [-0.2, 0) is 22.5 Å². The molecule has 2 aromatic heterocycles. The maximum atomic E-state index is 12.6. The Balaban J connectivity index is 1.38. The molecule has 1 amide bonds. The second-order valence-electron chi connectivity index (χ2n) is 7.41. The molecule has 4 rings (SSSR count). The molecule has 0 aliphatic carbocycles. The molecule has 0 fully saturated rings. The Hall–Kier alpha value is -3.72. The van der Waals surface area contributed by atoms with Crippen molar-refractivity contribution in [3.8, 4) is 17.1 Å². The second-order valence-corrected chi connectivity index (χ2v) is 7.41. The molecule has 0 atom stereocenters. The Labute approximate surface area is 191 Å². The van der Waals surface area contributed by atoms with Gasteiger partial charge in [0.1, 0.15) is 5.75 Å². The van der Waals surface area contributed by atoms with Crippen molar-refractivity contribution in [3.63, 3.8) is 0 Å².